The second-order valence-corrected chi connectivity index (χ2v) is 5.73. The summed E-state index contributed by atoms with van der Waals surface area (Å²) in [4.78, 5) is 11.7. The van der Waals surface area contributed by atoms with Crippen molar-refractivity contribution in [1.82, 2.24) is 10.6 Å². The number of carbonyl (C=O) groups is 1. The zero-order valence-electron chi connectivity index (χ0n) is 11.4. The number of nitrogens with one attached hydrogen (secondary N) is 2. The van der Waals surface area contributed by atoms with E-state index in [1.165, 1.54) is 25.7 Å². The molecule has 4 N–H and O–H groups in total. The van der Waals surface area contributed by atoms with Crippen LogP contribution in [-0.2, 0) is 4.79 Å². The van der Waals surface area contributed by atoms with Crippen LogP contribution in [0, 0.1) is 11.3 Å². The van der Waals surface area contributed by atoms with Crippen LogP contribution in [-0.4, -0.2) is 32.1 Å². The van der Waals surface area contributed by atoms with Gasteiger partial charge in [-0.2, -0.15) is 0 Å². The minimum Gasteiger partial charge on any atom is -0.359 e. The third-order valence-corrected chi connectivity index (χ3v) is 3.86. The molecule has 0 aliphatic heterocycles. The molecule has 0 aromatic rings. The molecule has 0 radical (unpaired) electrons. The van der Waals surface area contributed by atoms with Crippen LogP contribution in [0.25, 0.3) is 0 Å². The summed E-state index contributed by atoms with van der Waals surface area (Å²) < 4.78 is 0. The first-order valence-electron chi connectivity index (χ1n) is 6.67. The minimum atomic E-state index is -0.356. The van der Waals surface area contributed by atoms with Crippen molar-refractivity contribution < 1.29 is 4.79 Å². The van der Waals surface area contributed by atoms with Crippen LogP contribution in [0.4, 0.5) is 0 Å². The Bertz CT molecular complexity index is 253. The van der Waals surface area contributed by atoms with Crippen LogP contribution in [0.2, 0.25) is 0 Å². The molecule has 0 aromatic carbocycles. The molecule has 100 valence electrons. The van der Waals surface area contributed by atoms with Crippen molar-refractivity contribution in [2.45, 2.75) is 45.6 Å². The van der Waals surface area contributed by atoms with Gasteiger partial charge in [-0.05, 0) is 39.2 Å². The SMILES string of the molecule is CNC(=O)C(C)(C)CNC1CCCCC1CN. The quantitative estimate of drug-likeness (QED) is 0.669. The van der Waals surface area contributed by atoms with Gasteiger partial charge in [0.2, 0.25) is 5.91 Å². The third kappa shape index (κ3) is 3.96. The van der Waals surface area contributed by atoms with Gasteiger partial charge < -0.3 is 16.4 Å². The maximum atomic E-state index is 11.7. The van der Waals surface area contributed by atoms with E-state index in [-0.39, 0.29) is 11.3 Å². The fourth-order valence-corrected chi connectivity index (χ4v) is 2.56. The molecule has 0 spiro atoms. The molecule has 1 fully saturated rings. The summed E-state index contributed by atoms with van der Waals surface area (Å²) in [7, 11) is 1.69. The summed E-state index contributed by atoms with van der Waals surface area (Å²) in [5.74, 6) is 0.661. The van der Waals surface area contributed by atoms with Crippen molar-refractivity contribution in [3.05, 3.63) is 0 Å². The molecular weight excluding hydrogens is 214 g/mol. The molecule has 0 bridgehead atoms. The molecule has 2 unspecified atom stereocenters. The summed E-state index contributed by atoms with van der Waals surface area (Å²) in [5, 5.41) is 6.25. The van der Waals surface area contributed by atoms with Crippen LogP contribution < -0.4 is 16.4 Å². The standard InChI is InChI=1S/C13H27N3O/c1-13(2,12(17)15-3)9-16-11-7-5-4-6-10(11)8-14/h10-11,16H,4-9,14H2,1-3H3,(H,15,17). The lowest BCUT2D eigenvalue weighted by atomic mass is 9.83. The first-order valence-corrected chi connectivity index (χ1v) is 6.67. The van der Waals surface area contributed by atoms with Crippen LogP contribution in [0.5, 0.6) is 0 Å². The van der Waals surface area contributed by atoms with Gasteiger partial charge >= 0.3 is 0 Å². The summed E-state index contributed by atoms with van der Waals surface area (Å²) in [6, 6.07) is 0.484. The summed E-state index contributed by atoms with van der Waals surface area (Å²) in [6.45, 7) is 5.41. The first-order chi connectivity index (χ1) is 8.01. The fourth-order valence-electron chi connectivity index (χ4n) is 2.56. The molecule has 1 amide bonds. The van der Waals surface area contributed by atoms with Gasteiger partial charge in [-0.25, -0.2) is 0 Å². The summed E-state index contributed by atoms with van der Waals surface area (Å²) in [5.41, 5.74) is 5.44. The highest BCUT2D eigenvalue weighted by molar-refractivity contribution is 5.81. The molecule has 4 nitrogen and oxygen atoms in total. The van der Waals surface area contributed by atoms with Gasteiger partial charge in [-0.15, -0.1) is 0 Å². The van der Waals surface area contributed by atoms with Crippen molar-refractivity contribution in [1.29, 1.82) is 0 Å². The normalized spacial score (nSPS) is 25.6. The molecule has 1 saturated carbocycles. The largest absolute Gasteiger partial charge is 0.359 e. The van der Waals surface area contributed by atoms with Gasteiger partial charge in [-0.3, -0.25) is 4.79 Å². The van der Waals surface area contributed by atoms with E-state index in [1.807, 2.05) is 13.8 Å². The van der Waals surface area contributed by atoms with Crippen molar-refractivity contribution in [2.24, 2.45) is 17.1 Å². The Balaban J connectivity index is 2.45. The van der Waals surface area contributed by atoms with Gasteiger partial charge in [0.05, 0.1) is 5.41 Å². The fraction of sp³-hybridized carbons (Fsp3) is 0.923. The molecular formula is C13H27N3O. The number of nitrogens with two attached hydrogens (primary N) is 1. The topological polar surface area (TPSA) is 67.2 Å². The molecule has 1 aliphatic carbocycles. The molecule has 0 saturated heterocycles. The Labute approximate surface area is 105 Å². The molecule has 0 heterocycles. The van der Waals surface area contributed by atoms with E-state index < -0.39 is 0 Å². The average molecular weight is 241 g/mol. The second-order valence-electron chi connectivity index (χ2n) is 5.73. The highest BCUT2D eigenvalue weighted by Gasteiger charge is 2.30. The third-order valence-electron chi connectivity index (χ3n) is 3.86. The maximum absolute atomic E-state index is 11.7. The number of hydrogen-bond donors (Lipinski definition) is 3. The van der Waals surface area contributed by atoms with Gasteiger partial charge in [0.15, 0.2) is 0 Å². The van der Waals surface area contributed by atoms with Crippen LogP contribution in [0.15, 0.2) is 0 Å². The van der Waals surface area contributed by atoms with E-state index in [9.17, 15) is 4.79 Å². The maximum Gasteiger partial charge on any atom is 0.226 e. The second kappa shape index (κ2) is 6.36. The number of amides is 1. The van der Waals surface area contributed by atoms with Gasteiger partial charge in [-0.1, -0.05) is 12.8 Å². The zero-order valence-corrected chi connectivity index (χ0v) is 11.4. The zero-order chi connectivity index (χ0) is 12.9. The smallest absolute Gasteiger partial charge is 0.226 e. The van der Waals surface area contributed by atoms with E-state index >= 15 is 0 Å². The molecule has 1 aliphatic rings. The molecule has 4 heteroatoms. The first kappa shape index (κ1) is 14.5. The van der Waals surface area contributed by atoms with E-state index in [2.05, 4.69) is 10.6 Å². The van der Waals surface area contributed by atoms with Crippen LogP contribution in [0.1, 0.15) is 39.5 Å². The summed E-state index contributed by atoms with van der Waals surface area (Å²) in [6.07, 6.45) is 4.97. The molecule has 0 aromatic heterocycles. The molecule has 2 atom stereocenters. The van der Waals surface area contributed by atoms with Crippen molar-refractivity contribution in [2.75, 3.05) is 20.1 Å². The van der Waals surface area contributed by atoms with E-state index in [4.69, 9.17) is 5.73 Å². The Hall–Kier alpha value is -0.610. The van der Waals surface area contributed by atoms with E-state index in [0.29, 0.717) is 18.5 Å². The molecule has 1 rings (SSSR count). The lowest BCUT2D eigenvalue weighted by Gasteiger charge is -2.34. The number of carbonyl (C=O) groups excluding carboxylic acids is 1. The Morgan fingerprint density at radius 2 is 2.00 bits per heavy atom. The van der Waals surface area contributed by atoms with Gasteiger partial charge in [0, 0.05) is 19.6 Å². The lowest BCUT2D eigenvalue weighted by Crippen LogP contribution is -2.49. The highest BCUT2D eigenvalue weighted by Crippen LogP contribution is 2.24. The monoisotopic (exact) mass is 241 g/mol. The highest BCUT2D eigenvalue weighted by atomic mass is 16.2. The predicted octanol–water partition coefficient (Wildman–Crippen LogP) is 0.866. The van der Waals surface area contributed by atoms with Crippen molar-refractivity contribution >= 4 is 5.91 Å². The average Bonchev–Trinajstić information content (AvgIpc) is 2.35. The number of hydrogen-bond acceptors (Lipinski definition) is 3. The Morgan fingerprint density at radius 1 is 1.35 bits per heavy atom. The Morgan fingerprint density at radius 3 is 2.59 bits per heavy atom. The summed E-state index contributed by atoms with van der Waals surface area (Å²) >= 11 is 0. The van der Waals surface area contributed by atoms with Crippen LogP contribution in [0.3, 0.4) is 0 Å². The Kier molecular flexibility index (Phi) is 5.40. The van der Waals surface area contributed by atoms with E-state index in [0.717, 1.165) is 6.54 Å². The van der Waals surface area contributed by atoms with Crippen molar-refractivity contribution in [3.63, 3.8) is 0 Å². The minimum absolute atomic E-state index is 0.0881. The molecule has 17 heavy (non-hydrogen) atoms. The van der Waals surface area contributed by atoms with Crippen LogP contribution >= 0.6 is 0 Å². The number of rotatable bonds is 5. The predicted molar refractivity (Wildman–Crippen MR) is 70.7 cm³/mol. The van der Waals surface area contributed by atoms with Gasteiger partial charge in [0.25, 0.3) is 0 Å². The van der Waals surface area contributed by atoms with E-state index in [1.54, 1.807) is 7.05 Å². The lowest BCUT2D eigenvalue weighted by molar-refractivity contribution is -0.128. The van der Waals surface area contributed by atoms with Gasteiger partial charge in [0.1, 0.15) is 0 Å². The van der Waals surface area contributed by atoms with Crippen molar-refractivity contribution in [3.8, 4) is 0 Å².